The van der Waals surface area contributed by atoms with Gasteiger partial charge in [-0.2, -0.15) is 5.10 Å². The van der Waals surface area contributed by atoms with E-state index in [2.05, 4.69) is 53.5 Å². The lowest BCUT2D eigenvalue weighted by Gasteiger charge is -2.15. The summed E-state index contributed by atoms with van der Waals surface area (Å²) in [7, 11) is 0. The van der Waals surface area contributed by atoms with Gasteiger partial charge in [0, 0.05) is 11.8 Å². The minimum atomic E-state index is -0.0793. The number of aryl methyl sites for hydroxylation is 2. The molecule has 2 heterocycles. The number of nitrogens with one attached hydrogen (secondary N) is 1. The number of hydrogen-bond acceptors (Lipinski definition) is 5. The number of anilines is 1. The SMILES string of the molecule is Cc1ccc(-n2cnnc2SCC(=O)Nc2ccnn2C(C)C2CC2)cc1C. The second kappa shape index (κ2) is 7.79. The number of rotatable bonds is 7. The van der Waals surface area contributed by atoms with Crippen molar-refractivity contribution in [2.24, 2.45) is 5.92 Å². The van der Waals surface area contributed by atoms with Crippen LogP contribution in [0.1, 0.15) is 36.9 Å². The number of nitrogens with zero attached hydrogens (tertiary/aromatic N) is 5. The molecule has 0 radical (unpaired) electrons. The minimum Gasteiger partial charge on any atom is -0.310 e. The molecule has 1 aliphatic carbocycles. The van der Waals surface area contributed by atoms with Crippen LogP contribution in [0, 0.1) is 19.8 Å². The van der Waals surface area contributed by atoms with Crippen molar-refractivity contribution in [1.82, 2.24) is 24.5 Å². The van der Waals surface area contributed by atoms with E-state index < -0.39 is 0 Å². The molecule has 0 saturated heterocycles. The van der Waals surface area contributed by atoms with Crippen LogP contribution in [-0.2, 0) is 4.79 Å². The summed E-state index contributed by atoms with van der Waals surface area (Å²) >= 11 is 1.37. The topological polar surface area (TPSA) is 77.6 Å². The van der Waals surface area contributed by atoms with Crippen molar-refractivity contribution in [3.05, 3.63) is 47.9 Å². The molecule has 1 fully saturated rings. The summed E-state index contributed by atoms with van der Waals surface area (Å²) in [4.78, 5) is 12.5. The number of amides is 1. The van der Waals surface area contributed by atoms with Crippen molar-refractivity contribution in [2.45, 2.75) is 44.8 Å². The fourth-order valence-corrected chi connectivity index (χ4v) is 3.93. The Kier molecular flexibility index (Phi) is 5.21. The van der Waals surface area contributed by atoms with Gasteiger partial charge in [0.05, 0.1) is 18.0 Å². The van der Waals surface area contributed by atoms with Crippen molar-refractivity contribution < 1.29 is 4.79 Å². The summed E-state index contributed by atoms with van der Waals surface area (Å²) in [6, 6.07) is 8.37. The number of aromatic nitrogens is 5. The third-order valence-corrected chi connectivity index (χ3v) is 6.19. The van der Waals surface area contributed by atoms with Crippen LogP contribution in [-0.4, -0.2) is 36.2 Å². The zero-order valence-electron chi connectivity index (χ0n) is 16.3. The Balaban J connectivity index is 1.40. The average molecular weight is 397 g/mol. The van der Waals surface area contributed by atoms with E-state index in [1.54, 1.807) is 12.5 Å². The van der Waals surface area contributed by atoms with Crippen LogP contribution in [0.2, 0.25) is 0 Å². The second-order valence-corrected chi connectivity index (χ2v) is 8.27. The largest absolute Gasteiger partial charge is 0.310 e. The maximum atomic E-state index is 12.5. The van der Waals surface area contributed by atoms with E-state index in [-0.39, 0.29) is 11.7 Å². The molecule has 28 heavy (non-hydrogen) atoms. The van der Waals surface area contributed by atoms with E-state index in [4.69, 9.17) is 0 Å². The van der Waals surface area contributed by atoms with Crippen LogP contribution in [0.25, 0.3) is 5.69 Å². The summed E-state index contributed by atoms with van der Waals surface area (Å²) in [6.07, 6.45) is 5.88. The molecule has 0 spiro atoms. The van der Waals surface area contributed by atoms with E-state index in [0.717, 1.165) is 11.5 Å². The van der Waals surface area contributed by atoms with Gasteiger partial charge in [-0.15, -0.1) is 10.2 Å². The molecule has 1 aromatic carbocycles. The maximum Gasteiger partial charge on any atom is 0.235 e. The Morgan fingerprint density at radius 2 is 2.11 bits per heavy atom. The summed E-state index contributed by atoms with van der Waals surface area (Å²) in [5.41, 5.74) is 3.44. The lowest BCUT2D eigenvalue weighted by atomic mass is 10.1. The molecule has 3 aromatic rings. The molecule has 1 saturated carbocycles. The van der Waals surface area contributed by atoms with Crippen LogP contribution >= 0.6 is 11.8 Å². The van der Waals surface area contributed by atoms with E-state index in [9.17, 15) is 4.79 Å². The maximum absolute atomic E-state index is 12.5. The first-order valence-corrected chi connectivity index (χ1v) is 10.5. The van der Waals surface area contributed by atoms with Gasteiger partial charge < -0.3 is 5.32 Å². The van der Waals surface area contributed by atoms with E-state index in [1.165, 1.54) is 35.7 Å². The molecular weight excluding hydrogens is 372 g/mol. The van der Waals surface area contributed by atoms with Gasteiger partial charge >= 0.3 is 0 Å². The van der Waals surface area contributed by atoms with Crippen LogP contribution in [0.4, 0.5) is 5.82 Å². The Bertz CT molecular complexity index is 990. The number of thioether (sulfide) groups is 1. The van der Waals surface area contributed by atoms with E-state index in [0.29, 0.717) is 17.1 Å². The van der Waals surface area contributed by atoms with E-state index >= 15 is 0 Å². The first-order valence-electron chi connectivity index (χ1n) is 9.46. The average Bonchev–Trinajstić information content (AvgIpc) is 3.25. The van der Waals surface area contributed by atoms with Crippen LogP contribution in [0.3, 0.4) is 0 Å². The molecule has 0 aliphatic heterocycles. The molecule has 7 nitrogen and oxygen atoms in total. The smallest absolute Gasteiger partial charge is 0.235 e. The molecule has 146 valence electrons. The molecule has 1 N–H and O–H groups in total. The third kappa shape index (κ3) is 3.96. The van der Waals surface area contributed by atoms with Crippen LogP contribution < -0.4 is 5.32 Å². The summed E-state index contributed by atoms with van der Waals surface area (Å²) < 4.78 is 3.82. The first kappa shape index (κ1) is 18.7. The van der Waals surface area contributed by atoms with Crippen molar-refractivity contribution in [1.29, 1.82) is 0 Å². The molecule has 1 unspecified atom stereocenters. The van der Waals surface area contributed by atoms with Gasteiger partial charge in [0.15, 0.2) is 5.16 Å². The van der Waals surface area contributed by atoms with Gasteiger partial charge in [0.25, 0.3) is 0 Å². The standard InChI is InChI=1S/C20H24N6OS/c1-13-4-7-17(10-14(13)2)25-12-21-24-20(25)28-11-19(27)23-18-8-9-22-26(18)15(3)16-5-6-16/h4,7-10,12,15-16H,5-6,11H2,1-3H3,(H,23,27). The Labute approximate surface area is 168 Å². The highest BCUT2D eigenvalue weighted by molar-refractivity contribution is 7.99. The fraction of sp³-hybridized carbons (Fsp3) is 0.400. The van der Waals surface area contributed by atoms with Crippen LogP contribution in [0.5, 0.6) is 0 Å². The Morgan fingerprint density at radius 3 is 2.86 bits per heavy atom. The highest BCUT2D eigenvalue weighted by Gasteiger charge is 2.30. The van der Waals surface area contributed by atoms with E-state index in [1.807, 2.05) is 21.4 Å². The van der Waals surface area contributed by atoms with Crippen LogP contribution in [0.15, 0.2) is 41.9 Å². The molecule has 1 amide bonds. The highest BCUT2D eigenvalue weighted by Crippen LogP contribution is 2.40. The zero-order chi connectivity index (χ0) is 19.7. The fourth-order valence-electron chi connectivity index (χ4n) is 3.20. The second-order valence-electron chi connectivity index (χ2n) is 7.33. The summed E-state index contributed by atoms with van der Waals surface area (Å²) in [5.74, 6) is 1.60. The monoisotopic (exact) mass is 396 g/mol. The van der Waals surface area contributed by atoms with Gasteiger partial charge in [-0.1, -0.05) is 17.8 Å². The van der Waals surface area contributed by atoms with Crippen molar-refractivity contribution in [3.63, 3.8) is 0 Å². The molecule has 0 bridgehead atoms. The first-order chi connectivity index (χ1) is 13.5. The summed E-state index contributed by atoms with van der Waals surface area (Å²) in [5, 5.41) is 16.2. The number of carbonyl (C=O) groups excluding carboxylic acids is 1. The molecule has 4 rings (SSSR count). The Morgan fingerprint density at radius 1 is 1.29 bits per heavy atom. The lowest BCUT2D eigenvalue weighted by molar-refractivity contribution is -0.113. The van der Waals surface area contributed by atoms with Crippen molar-refractivity contribution in [3.8, 4) is 5.69 Å². The van der Waals surface area contributed by atoms with Gasteiger partial charge in [-0.05, 0) is 62.8 Å². The zero-order valence-corrected chi connectivity index (χ0v) is 17.1. The number of hydrogen-bond donors (Lipinski definition) is 1. The van der Waals surface area contributed by atoms with Gasteiger partial charge in [-0.3, -0.25) is 9.36 Å². The molecule has 1 aliphatic rings. The quantitative estimate of drug-likeness (QED) is 0.615. The summed E-state index contributed by atoms with van der Waals surface area (Å²) in [6.45, 7) is 6.32. The number of benzene rings is 1. The third-order valence-electron chi connectivity index (χ3n) is 5.25. The normalized spacial score (nSPS) is 14.8. The predicted molar refractivity (Wildman–Crippen MR) is 110 cm³/mol. The molecule has 1 atom stereocenters. The molecule has 2 aromatic heterocycles. The van der Waals surface area contributed by atoms with Gasteiger partial charge in [0.1, 0.15) is 12.1 Å². The van der Waals surface area contributed by atoms with Crippen molar-refractivity contribution in [2.75, 3.05) is 11.1 Å². The minimum absolute atomic E-state index is 0.0793. The van der Waals surface area contributed by atoms with Gasteiger partial charge in [-0.25, -0.2) is 4.68 Å². The Hall–Kier alpha value is -2.61. The molecule has 8 heteroatoms. The lowest BCUT2D eigenvalue weighted by Crippen LogP contribution is -2.19. The predicted octanol–water partition coefficient (Wildman–Crippen LogP) is 3.78. The molecular formula is C20H24N6OS. The van der Waals surface area contributed by atoms with Crippen molar-refractivity contribution >= 4 is 23.5 Å². The highest BCUT2D eigenvalue weighted by atomic mass is 32.2. The number of carbonyl (C=O) groups is 1. The van der Waals surface area contributed by atoms with Gasteiger partial charge in [0.2, 0.25) is 5.91 Å².